The van der Waals surface area contributed by atoms with Gasteiger partial charge in [0, 0.05) is 15.6 Å². The molecule has 2 aromatic carbocycles. The monoisotopic (exact) mass is 333 g/mol. The van der Waals surface area contributed by atoms with E-state index >= 15 is 0 Å². The summed E-state index contributed by atoms with van der Waals surface area (Å²) in [5, 5.41) is 0.384. The topological polar surface area (TPSA) is 43.1 Å². The molecule has 112 valence electrons. The SMILES string of the molecule is Nc1ccc(CS(=O)c2cccc(Cl)c2)c(C(F)(F)F)c1. The fourth-order valence-corrected chi connectivity index (χ4v) is 3.26. The van der Waals surface area contributed by atoms with Crippen LogP contribution in [-0.4, -0.2) is 4.21 Å². The Hall–Kier alpha value is -1.53. The molecule has 7 heteroatoms. The molecule has 2 aromatic rings. The molecule has 0 bridgehead atoms. The molecule has 2 nitrogen and oxygen atoms in total. The smallest absolute Gasteiger partial charge is 0.399 e. The van der Waals surface area contributed by atoms with E-state index in [4.69, 9.17) is 17.3 Å². The first-order valence-electron chi connectivity index (χ1n) is 5.87. The largest absolute Gasteiger partial charge is 0.416 e. The molecular formula is C14H11ClF3NOS. The molecule has 0 saturated heterocycles. The maximum atomic E-state index is 13.0. The number of benzene rings is 2. The Labute approximate surface area is 127 Å². The van der Waals surface area contributed by atoms with Crippen molar-refractivity contribution in [2.24, 2.45) is 0 Å². The van der Waals surface area contributed by atoms with Gasteiger partial charge in [-0.1, -0.05) is 23.7 Å². The average molecular weight is 334 g/mol. The molecule has 0 radical (unpaired) electrons. The molecule has 0 heterocycles. The Kier molecular flexibility index (Phi) is 4.58. The standard InChI is InChI=1S/C14H11ClF3NOS/c15-10-2-1-3-12(6-10)21(20)8-9-4-5-11(19)7-13(9)14(16,17)18/h1-7H,8,19H2. The summed E-state index contributed by atoms with van der Waals surface area (Å²) in [6.45, 7) is 0. The molecule has 0 aliphatic heterocycles. The predicted octanol–water partition coefficient (Wildman–Crippen LogP) is 4.25. The minimum Gasteiger partial charge on any atom is -0.399 e. The van der Waals surface area contributed by atoms with Gasteiger partial charge in [0.25, 0.3) is 0 Å². The first-order chi connectivity index (χ1) is 9.77. The molecule has 1 unspecified atom stereocenters. The Morgan fingerprint density at radius 3 is 2.48 bits per heavy atom. The maximum absolute atomic E-state index is 13.0. The lowest BCUT2D eigenvalue weighted by Gasteiger charge is -2.13. The number of rotatable bonds is 3. The highest BCUT2D eigenvalue weighted by molar-refractivity contribution is 7.84. The molecule has 2 N–H and O–H groups in total. The van der Waals surface area contributed by atoms with Crippen molar-refractivity contribution in [3.63, 3.8) is 0 Å². The predicted molar refractivity (Wildman–Crippen MR) is 77.4 cm³/mol. The summed E-state index contributed by atoms with van der Waals surface area (Å²) in [6, 6.07) is 9.70. The number of hydrogen-bond acceptors (Lipinski definition) is 2. The summed E-state index contributed by atoms with van der Waals surface area (Å²) in [7, 11) is -1.62. The third-order valence-electron chi connectivity index (χ3n) is 2.78. The van der Waals surface area contributed by atoms with Crippen LogP contribution in [0.25, 0.3) is 0 Å². The van der Waals surface area contributed by atoms with Crippen LogP contribution >= 0.6 is 11.6 Å². The second-order valence-corrected chi connectivity index (χ2v) is 6.25. The molecule has 0 aliphatic rings. The summed E-state index contributed by atoms with van der Waals surface area (Å²) < 4.78 is 51.1. The van der Waals surface area contributed by atoms with E-state index in [-0.39, 0.29) is 17.0 Å². The lowest BCUT2D eigenvalue weighted by molar-refractivity contribution is -0.138. The van der Waals surface area contributed by atoms with Gasteiger partial charge < -0.3 is 5.73 Å². The van der Waals surface area contributed by atoms with Crippen LogP contribution in [0.3, 0.4) is 0 Å². The molecule has 0 saturated carbocycles. The summed E-state index contributed by atoms with van der Waals surface area (Å²) in [5.41, 5.74) is 4.48. The van der Waals surface area contributed by atoms with Crippen LogP contribution in [0, 0.1) is 0 Å². The van der Waals surface area contributed by atoms with Crippen LogP contribution < -0.4 is 5.73 Å². The van der Waals surface area contributed by atoms with Crippen molar-refractivity contribution in [1.29, 1.82) is 0 Å². The van der Waals surface area contributed by atoms with Crippen molar-refractivity contribution in [3.05, 3.63) is 58.6 Å². The Bertz CT molecular complexity index is 688. The van der Waals surface area contributed by atoms with Gasteiger partial charge in [-0.15, -0.1) is 0 Å². The number of nitrogen functional groups attached to an aromatic ring is 1. The zero-order chi connectivity index (χ0) is 15.6. The van der Waals surface area contributed by atoms with Gasteiger partial charge in [-0.2, -0.15) is 13.2 Å². The molecule has 0 amide bonds. The molecular weight excluding hydrogens is 323 g/mol. The summed E-state index contributed by atoms with van der Waals surface area (Å²) >= 11 is 5.79. The third-order valence-corrected chi connectivity index (χ3v) is 4.37. The number of nitrogens with two attached hydrogens (primary N) is 1. The van der Waals surface area contributed by atoms with Crippen LogP contribution in [0.2, 0.25) is 5.02 Å². The number of alkyl halides is 3. The normalized spacial score (nSPS) is 13.1. The molecule has 0 aliphatic carbocycles. The van der Waals surface area contributed by atoms with Gasteiger partial charge in [-0.05, 0) is 35.9 Å². The maximum Gasteiger partial charge on any atom is 0.416 e. The van der Waals surface area contributed by atoms with Gasteiger partial charge in [0.2, 0.25) is 0 Å². The van der Waals surface area contributed by atoms with Crippen molar-refractivity contribution < 1.29 is 17.4 Å². The molecule has 0 spiro atoms. The van der Waals surface area contributed by atoms with Gasteiger partial charge in [0.05, 0.1) is 22.1 Å². The van der Waals surface area contributed by atoms with Crippen molar-refractivity contribution >= 4 is 28.1 Å². The second kappa shape index (κ2) is 6.07. The molecule has 1 atom stereocenters. The summed E-state index contributed by atoms with van der Waals surface area (Å²) in [4.78, 5) is 0.382. The van der Waals surface area contributed by atoms with Gasteiger partial charge in [0.1, 0.15) is 0 Å². The Morgan fingerprint density at radius 2 is 1.86 bits per heavy atom. The first-order valence-corrected chi connectivity index (χ1v) is 7.56. The van der Waals surface area contributed by atoms with E-state index in [0.29, 0.717) is 9.92 Å². The average Bonchev–Trinajstić information content (AvgIpc) is 2.39. The first kappa shape index (κ1) is 15.9. The quantitative estimate of drug-likeness (QED) is 0.853. The van der Waals surface area contributed by atoms with Gasteiger partial charge >= 0.3 is 6.18 Å². The van der Waals surface area contributed by atoms with Crippen molar-refractivity contribution in [2.75, 3.05) is 5.73 Å². The zero-order valence-corrected chi connectivity index (χ0v) is 12.2. The highest BCUT2D eigenvalue weighted by Gasteiger charge is 2.33. The Balaban J connectivity index is 2.34. The van der Waals surface area contributed by atoms with Crippen LogP contribution in [0.5, 0.6) is 0 Å². The lowest BCUT2D eigenvalue weighted by atomic mass is 10.1. The lowest BCUT2D eigenvalue weighted by Crippen LogP contribution is -2.11. The fourth-order valence-electron chi connectivity index (χ4n) is 1.82. The highest BCUT2D eigenvalue weighted by Crippen LogP contribution is 2.34. The fraction of sp³-hybridized carbons (Fsp3) is 0.143. The van der Waals surface area contributed by atoms with Gasteiger partial charge in [-0.25, -0.2) is 0 Å². The van der Waals surface area contributed by atoms with Crippen LogP contribution in [-0.2, 0) is 22.7 Å². The van der Waals surface area contributed by atoms with E-state index in [9.17, 15) is 17.4 Å². The van der Waals surface area contributed by atoms with Crippen LogP contribution in [0.15, 0.2) is 47.4 Å². The minimum absolute atomic E-state index is 0.0135. The van der Waals surface area contributed by atoms with Crippen molar-refractivity contribution in [2.45, 2.75) is 16.8 Å². The summed E-state index contributed by atoms with van der Waals surface area (Å²) in [6.07, 6.45) is -4.54. The van der Waals surface area contributed by atoms with E-state index in [1.807, 2.05) is 0 Å². The minimum atomic E-state index is -4.54. The molecule has 2 rings (SSSR count). The Morgan fingerprint density at radius 1 is 1.14 bits per heavy atom. The highest BCUT2D eigenvalue weighted by atomic mass is 35.5. The number of hydrogen-bond donors (Lipinski definition) is 1. The molecule has 0 fully saturated rings. The van der Waals surface area contributed by atoms with E-state index < -0.39 is 22.5 Å². The van der Waals surface area contributed by atoms with E-state index in [0.717, 1.165) is 6.07 Å². The zero-order valence-electron chi connectivity index (χ0n) is 10.7. The van der Waals surface area contributed by atoms with Crippen molar-refractivity contribution in [3.8, 4) is 0 Å². The number of anilines is 1. The molecule has 21 heavy (non-hydrogen) atoms. The number of halogens is 4. The van der Waals surface area contributed by atoms with E-state index in [1.54, 1.807) is 18.2 Å². The van der Waals surface area contributed by atoms with Crippen LogP contribution in [0.4, 0.5) is 18.9 Å². The van der Waals surface area contributed by atoms with E-state index in [1.165, 1.54) is 18.2 Å². The second-order valence-electron chi connectivity index (χ2n) is 4.36. The third kappa shape index (κ3) is 3.98. The van der Waals surface area contributed by atoms with Crippen molar-refractivity contribution in [1.82, 2.24) is 0 Å². The molecule has 0 aromatic heterocycles. The van der Waals surface area contributed by atoms with Gasteiger partial charge in [-0.3, -0.25) is 4.21 Å². The van der Waals surface area contributed by atoms with E-state index in [2.05, 4.69) is 0 Å². The van der Waals surface area contributed by atoms with Gasteiger partial charge in [0.15, 0.2) is 0 Å². The summed E-state index contributed by atoms with van der Waals surface area (Å²) in [5.74, 6) is -0.254. The van der Waals surface area contributed by atoms with Crippen LogP contribution in [0.1, 0.15) is 11.1 Å².